The Hall–Kier alpha value is -3.88. The maximum atomic E-state index is 12.8. The topological polar surface area (TPSA) is 109 Å². The average molecular weight is 482 g/mol. The first kappa shape index (κ1) is 25.7. The lowest BCUT2D eigenvalue weighted by atomic mass is 10.1. The highest BCUT2D eigenvalue weighted by Gasteiger charge is 2.12. The summed E-state index contributed by atoms with van der Waals surface area (Å²) in [6.45, 7) is 2.71. The van der Waals surface area contributed by atoms with Crippen LogP contribution in [0.4, 0.5) is 0 Å². The maximum absolute atomic E-state index is 12.8. The van der Waals surface area contributed by atoms with Crippen LogP contribution in [-0.2, 0) is 27.3 Å². The van der Waals surface area contributed by atoms with Crippen molar-refractivity contribution in [2.75, 3.05) is 27.4 Å². The van der Waals surface area contributed by atoms with E-state index in [0.29, 0.717) is 48.2 Å². The molecule has 1 aromatic heterocycles. The third-order valence-electron chi connectivity index (χ3n) is 5.56. The lowest BCUT2D eigenvalue weighted by Gasteiger charge is -2.10. The summed E-state index contributed by atoms with van der Waals surface area (Å²) in [7, 11) is 3.02. The molecule has 1 heterocycles. The van der Waals surface area contributed by atoms with Gasteiger partial charge in [0.05, 0.1) is 38.0 Å². The molecule has 0 aliphatic rings. The van der Waals surface area contributed by atoms with E-state index in [0.717, 1.165) is 5.56 Å². The van der Waals surface area contributed by atoms with Crippen molar-refractivity contribution in [3.05, 3.63) is 64.2 Å². The van der Waals surface area contributed by atoms with E-state index in [4.69, 9.17) is 14.2 Å². The second-order valence-electron chi connectivity index (χ2n) is 8.13. The van der Waals surface area contributed by atoms with E-state index in [-0.39, 0.29) is 37.0 Å². The molecule has 35 heavy (non-hydrogen) atoms. The molecular formula is C26H31N3O6. The molecule has 0 aliphatic heterocycles. The van der Waals surface area contributed by atoms with Crippen LogP contribution in [0.15, 0.2) is 47.5 Å². The van der Waals surface area contributed by atoms with Crippen LogP contribution in [0, 0.1) is 6.92 Å². The number of hydrogen-bond donors (Lipinski definition) is 1. The fourth-order valence-corrected chi connectivity index (χ4v) is 3.57. The van der Waals surface area contributed by atoms with Gasteiger partial charge in [-0.15, -0.1) is 0 Å². The lowest BCUT2D eigenvalue weighted by Crippen LogP contribution is -2.28. The molecule has 0 saturated carbocycles. The van der Waals surface area contributed by atoms with Crippen LogP contribution < -0.4 is 20.3 Å². The fourth-order valence-electron chi connectivity index (χ4n) is 3.57. The zero-order chi connectivity index (χ0) is 25.2. The molecular weight excluding hydrogens is 450 g/mol. The van der Waals surface area contributed by atoms with Crippen LogP contribution in [0.3, 0.4) is 0 Å². The van der Waals surface area contributed by atoms with E-state index in [1.165, 1.54) is 30.7 Å². The van der Waals surface area contributed by atoms with Crippen molar-refractivity contribution in [2.45, 2.75) is 39.2 Å². The highest BCUT2D eigenvalue weighted by atomic mass is 16.5. The molecule has 9 heteroatoms. The Bertz CT molecular complexity index is 1220. The van der Waals surface area contributed by atoms with E-state index in [1.807, 2.05) is 31.2 Å². The van der Waals surface area contributed by atoms with Gasteiger partial charge < -0.3 is 19.5 Å². The van der Waals surface area contributed by atoms with Crippen molar-refractivity contribution in [3.8, 4) is 11.5 Å². The first-order valence-electron chi connectivity index (χ1n) is 11.5. The minimum atomic E-state index is -0.382. The fraction of sp³-hybridized carbons (Fsp3) is 0.385. The first-order valence-corrected chi connectivity index (χ1v) is 11.5. The monoisotopic (exact) mass is 481 g/mol. The molecule has 0 radical (unpaired) electrons. The molecule has 1 N–H and O–H groups in total. The minimum absolute atomic E-state index is 0.0842. The quantitative estimate of drug-likeness (QED) is 0.313. The number of carbonyl (C=O) groups is 2. The van der Waals surface area contributed by atoms with Gasteiger partial charge in [-0.25, -0.2) is 4.98 Å². The first-order chi connectivity index (χ1) is 16.9. The Morgan fingerprint density at radius 2 is 1.74 bits per heavy atom. The van der Waals surface area contributed by atoms with E-state index in [2.05, 4.69) is 10.3 Å². The predicted molar refractivity (Wildman–Crippen MR) is 132 cm³/mol. The number of carbonyl (C=O) groups excluding carboxylic acids is 2. The number of amides is 1. The summed E-state index contributed by atoms with van der Waals surface area (Å²) in [4.78, 5) is 41.0. The normalized spacial score (nSPS) is 10.7. The molecule has 3 aromatic rings. The van der Waals surface area contributed by atoms with Gasteiger partial charge in [0.25, 0.3) is 5.56 Å². The molecule has 0 aliphatic carbocycles. The smallest absolute Gasteiger partial charge is 0.305 e. The summed E-state index contributed by atoms with van der Waals surface area (Å²) < 4.78 is 17.1. The van der Waals surface area contributed by atoms with Crippen LogP contribution in [0.1, 0.15) is 30.4 Å². The average Bonchev–Trinajstić information content (AvgIpc) is 2.87. The lowest BCUT2D eigenvalue weighted by molar-refractivity contribution is -0.144. The number of rotatable bonds is 12. The van der Waals surface area contributed by atoms with Gasteiger partial charge >= 0.3 is 5.97 Å². The van der Waals surface area contributed by atoms with Gasteiger partial charge in [-0.3, -0.25) is 19.0 Å². The van der Waals surface area contributed by atoms with Gasteiger partial charge in [-0.05, 0) is 31.4 Å². The summed E-state index contributed by atoms with van der Waals surface area (Å²) in [5.41, 5.74) is 2.57. The number of aromatic nitrogens is 2. The number of hydrogen-bond acceptors (Lipinski definition) is 7. The Balaban J connectivity index is 1.37. The molecule has 2 aromatic carbocycles. The van der Waals surface area contributed by atoms with E-state index < -0.39 is 0 Å². The van der Waals surface area contributed by atoms with Crippen molar-refractivity contribution < 1.29 is 23.8 Å². The van der Waals surface area contributed by atoms with Gasteiger partial charge in [0.1, 0.15) is 6.61 Å². The van der Waals surface area contributed by atoms with Gasteiger partial charge in [-0.1, -0.05) is 29.8 Å². The van der Waals surface area contributed by atoms with Crippen molar-refractivity contribution in [1.29, 1.82) is 0 Å². The zero-order valence-corrected chi connectivity index (χ0v) is 20.3. The van der Waals surface area contributed by atoms with E-state index in [1.54, 1.807) is 12.1 Å². The molecule has 0 spiro atoms. The number of nitrogens with zero attached hydrogens (tertiary/aromatic N) is 2. The molecule has 0 saturated heterocycles. The molecule has 9 nitrogen and oxygen atoms in total. The number of fused-ring (bicyclic) bond motifs is 1. The number of benzene rings is 2. The van der Waals surface area contributed by atoms with Gasteiger partial charge in [0.15, 0.2) is 11.5 Å². The van der Waals surface area contributed by atoms with Crippen LogP contribution in [-0.4, -0.2) is 48.8 Å². The van der Waals surface area contributed by atoms with Crippen molar-refractivity contribution in [3.63, 3.8) is 0 Å². The highest BCUT2D eigenvalue weighted by Crippen LogP contribution is 2.29. The maximum Gasteiger partial charge on any atom is 0.305 e. The second kappa shape index (κ2) is 12.5. The minimum Gasteiger partial charge on any atom is -0.493 e. The third-order valence-corrected chi connectivity index (χ3v) is 5.56. The molecule has 0 bridgehead atoms. The molecule has 186 valence electrons. The Labute approximate surface area is 204 Å². The molecule has 3 rings (SSSR count). The summed E-state index contributed by atoms with van der Waals surface area (Å²) in [6.07, 6.45) is 3.06. The molecule has 1 amide bonds. The third kappa shape index (κ3) is 7.30. The molecule has 0 atom stereocenters. The van der Waals surface area contributed by atoms with Gasteiger partial charge in [-0.2, -0.15) is 0 Å². The largest absolute Gasteiger partial charge is 0.493 e. The van der Waals surface area contributed by atoms with Crippen LogP contribution in [0.2, 0.25) is 0 Å². The van der Waals surface area contributed by atoms with E-state index >= 15 is 0 Å². The number of methoxy groups -OCH3 is 2. The standard InChI is InChI=1S/C26H31N3O6/c1-18-6-8-19(9-7-18)10-11-24(30)27-12-14-35-25(31)5-4-13-29-17-28-21-16-23(34-3)22(33-2)15-20(21)26(29)32/h6-9,15-17H,4-5,10-14H2,1-3H3,(H,27,30). The Morgan fingerprint density at radius 1 is 1.03 bits per heavy atom. The highest BCUT2D eigenvalue weighted by molar-refractivity contribution is 5.81. The molecule has 0 fully saturated rings. The van der Waals surface area contributed by atoms with Crippen LogP contribution in [0.5, 0.6) is 11.5 Å². The zero-order valence-electron chi connectivity index (χ0n) is 20.3. The molecule has 0 unspecified atom stereocenters. The number of nitrogens with one attached hydrogen (secondary N) is 1. The van der Waals surface area contributed by atoms with Crippen LogP contribution >= 0.6 is 0 Å². The Kier molecular flexibility index (Phi) is 9.23. The van der Waals surface area contributed by atoms with Crippen molar-refractivity contribution in [2.24, 2.45) is 0 Å². The van der Waals surface area contributed by atoms with Crippen molar-refractivity contribution >= 4 is 22.8 Å². The second-order valence-corrected chi connectivity index (χ2v) is 8.13. The summed E-state index contributed by atoms with van der Waals surface area (Å²) in [6, 6.07) is 11.3. The summed E-state index contributed by atoms with van der Waals surface area (Å²) in [5, 5.41) is 3.16. The van der Waals surface area contributed by atoms with E-state index in [9.17, 15) is 14.4 Å². The van der Waals surface area contributed by atoms with Crippen molar-refractivity contribution in [1.82, 2.24) is 14.9 Å². The SMILES string of the molecule is COc1cc2ncn(CCCC(=O)OCCNC(=O)CCc3ccc(C)cc3)c(=O)c2cc1OC. The summed E-state index contributed by atoms with van der Waals surface area (Å²) >= 11 is 0. The number of ether oxygens (including phenoxy) is 3. The van der Waals surface area contributed by atoms with Gasteiger partial charge in [0, 0.05) is 25.5 Å². The number of aryl methyl sites for hydroxylation is 3. The van der Waals surface area contributed by atoms with Gasteiger partial charge in [0.2, 0.25) is 5.91 Å². The predicted octanol–water partition coefficient (Wildman–Crippen LogP) is 2.79. The number of esters is 1. The summed E-state index contributed by atoms with van der Waals surface area (Å²) in [5.74, 6) is 0.475. The Morgan fingerprint density at radius 3 is 2.46 bits per heavy atom. The van der Waals surface area contributed by atoms with Crippen LogP contribution in [0.25, 0.3) is 10.9 Å².